The summed E-state index contributed by atoms with van der Waals surface area (Å²) in [4.78, 5) is 12.8. The molecule has 3 rings (SSSR count). The van der Waals surface area contributed by atoms with Gasteiger partial charge in [0.05, 0.1) is 0 Å². The van der Waals surface area contributed by atoms with Gasteiger partial charge in [0.25, 0.3) is 0 Å². The number of carbonyl (C=O) groups excluding carboxylic acids is 1. The predicted octanol–water partition coefficient (Wildman–Crippen LogP) is 3.61. The second kappa shape index (κ2) is 5.28. The average molecular weight is 302 g/mol. The third-order valence-electron chi connectivity index (χ3n) is 3.94. The molecule has 0 N–H and O–H groups in total. The molecule has 0 amide bonds. The first-order valence-corrected chi connectivity index (χ1v) is 8.33. The highest BCUT2D eigenvalue weighted by Gasteiger charge is 2.30. The molecule has 0 saturated heterocycles. The molecule has 0 heterocycles. The molecular weight excluding hydrogens is 287 g/mol. The van der Waals surface area contributed by atoms with Gasteiger partial charge in [-0.15, -0.1) is 0 Å². The lowest BCUT2D eigenvalue weighted by molar-refractivity contribution is 0.0946. The Kier molecular flexibility index (Phi) is 3.59. The minimum absolute atomic E-state index is 0.0111. The van der Waals surface area contributed by atoms with Crippen molar-refractivity contribution in [3.63, 3.8) is 0 Å². The van der Waals surface area contributed by atoms with Gasteiger partial charge in [0.15, 0.2) is 10.7 Å². The maximum Gasteiger partial charge on any atom is 0.166 e. The lowest BCUT2D eigenvalue weighted by Gasteiger charge is -2.10. The monoisotopic (exact) mass is 302 g/mol. The van der Waals surface area contributed by atoms with E-state index in [4.69, 9.17) is 0 Å². The van der Waals surface area contributed by atoms with E-state index in [1.165, 1.54) is 12.1 Å². The molecule has 2 aromatic rings. The molecule has 0 fully saturated rings. The molecule has 21 heavy (non-hydrogen) atoms. The van der Waals surface area contributed by atoms with Gasteiger partial charge in [-0.3, -0.25) is 4.79 Å². The van der Waals surface area contributed by atoms with Crippen LogP contribution in [0.15, 0.2) is 41.3 Å². The predicted molar refractivity (Wildman–Crippen MR) is 81.4 cm³/mol. The van der Waals surface area contributed by atoms with Crippen LogP contribution in [0.4, 0.5) is 4.39 Å². The molecule has 4 heteroatoms. The summed E-state index contributed by atoms with van der Waals surface area (Å²) >= 11 is -1.04. The van der Waals surface area contributed by atoms with Crippen LogP contribution in [-0.4, -0.2) is 16.6 Å². The Labute approximate surface area is 126 Å². The molecule has 2 atom stereocenters. The van der Waals surface area contributed by atoms with E-state index in [0.29, 0.717) is 12.0 Å². The molecule has 1 aliphatic carbocycles. The summed E-state index contributed by atoms with van der Waals surface area (Å²) in [5.41, 5.74) is 3.03. The first-order chi connectivity index (χ1) is 9.97. The van der Waals surface area contributed by atoms with Crippen molar-refractivity contribution in [2.24, 2.45) is 5.92 Å². The summed E-state index contributed by atoms with van der Waals surface area (Å²) in [7, 11) is 0. The van der Waals surface area contributed by atoms with Crippen LogP contribution in [-0.2, 0) is 17.6 Å². The Morgan fingerprint density at radius 1 is 1.19 bits per heavy atom. The zero-order valence-corrected chi connectivity index (χ0v) is 12.7. The van der Waals surface area contributed by atoms with E-state index >= 15 is 0 Å². The van der Waals surface area contributed by atoms with Gasteiger partial charge in [-0.05, 0) is 70.7 Å². The lowest BCUT2D eigenvalue weighted by atomic mass is 9.96. The van der Waals surface area contributed by atoms with Gasteiger partial charge in [-0.2, -0.15) is 0 Å². The standard InChI is InChI=1S/C17H15FO2S/c1-10-7-15-14(8-12(18)9-16(15)17(10)19)11-3-5-13(6-4-11)21(2)20/h3-6,8-10H,7H2,1-2H3. The van der Waals surface area contributed by atoms with Gasteiger partial charge < -0.3 is 4.55 Å². The summed E-state index contributed by atoms with van der Waals surface area (Å²) in [6.07, 6.45) is 2.26. The molecule has 2 aromatic carbocycles. The summed E-state index contributed by atoms with van der Waals surface area (Å²) in [6, 6.07) is 10.0. The molecule has 0 spiro atoms. The van der Waals surface area contributed by atoms with Crippen LogP contribution in [0.3, 0.4) is 0 Å². The van der Waals surface area contributed by atoms with Gasteiger partial charge in [0.1, 0.15) is 12.1 Å². The van der Waals surface area contributed by atoms with E-state index in [1.807, 2.05) is 19.1 Å². The fraction of sp³-hybridized carbons (Fsp3) is 0.235. The van der Waals surface area contributed by atoms with Crippen LogP contribution in [0, 0.1) is 11.7 Å². The molecule has 2 nitrogen and oxygen atoms in total. The van der Waals surface area contributed by atoms with E-state index in [1.54, 1.807) is 18.4 Å². The first-order valence-electron chi connectivity index (χ1n) is 6.78. The summed E-state index contributed by atoms with van der Waals surface area (Å²) < 4.78 is 25.2. The number of hydrogen-bond acceptors (Lipinski definition) is 2. The second-order valence-electron chi connectivity index (χ2n) is 5.43. The molecule has 2 unspecified atom stereocenters. The summed E-state index contributed by atoms with van der Waals surface area (Å²) in [5, 5.41) is 0. The Bertz CT molecular complexity index is 707. The van der Waals surface area contributed by atoms with Gasteiger partial charge in [-0.25, -0.2) is 4.39 Å². The Morgan fingerprint density at radius 3 is 2.43 bits per heavy atom. The van der Waals surface area contributed by atoms with E-state index < -0.39 is 17.0 Å². The zero-order valence-electron chi connectivity index (χ0n) is 11.9. The number of rotatable bonds is 2. The number of benzene rings is 2. The van der Waals surface area contributed by atoms with Crippen molar-refractivity contribution in [3.8, 4) is 11.1 Å². The van der Waals surface area contributed by atoms with E-state index in [0.717, 1.165) is 21.6 Å². The third-order valence-corrected chi connectivity index (χ3v) is 4.87. The maximum atomic E-state index is 13.8. The molecule has 0 saturated carbocycles. The smallest absolute Gasteiger partial charge is 0.166 e. The normalized spacial score (nSPS) is 18.7. The van der Waals surface area contributed by atoms with Gasteiger partial charge in [0, 0.05) is 11.5 Å². The largest absolute Gasteiger partial charge is 0.612 e. The van der Waals surface area contributed by atoms with E-state index in [-0.39, 0.29) is 11.7 Å². The highest BCUT2D eigenvalue weighted by molar-refractivity contribution is 7.90. The van der Waals surface area contributed by atoms with Crippen LogP contribution in [0.2, 0.25) is 0 Å². The van der Waals surface area contributed by atoms with Crippen molar-refractivity contribution in [2.45, 2.75) is 18.2 Å². The number of hydrogen-bond donors (Lipinski definition) is 0. The van der Waals surface area contributed by atoms with Crippen molar-refractivity contribution < 1.29 is 13.7 Å². The molecule has 0 radical (unpaired) electrons. The fourth-order valence-electron chi connectivity index (χ4n) is 2.82. The highest BCUT2D eigenvalue weighted by Crippen LogP contribution is 2.36. The molecule has 0 bridgehead atoms. The fourth-order valence-corrected chi connectivity index (χ4v) is 3.34. The van der Waals surface area contributed by atoms with Crippen LogP contribution < -0.4 is 0 Å². The number of ketones is 1. The SMILES string of the molecule is CC1Cc2c(cc(F)cc2-c2ccc([S+](C)[O-])cc2)C1=O. The van der Waals surface area contributed by atoms with Crippen LogP contribution in [0.25, 0.3) is 11.1 Å². The Morgan fingerprint density at radius 2 is 1.81 bits per heavy atom. The topological polar surface area (TPSA) is 40.1 Å². The van der Waals surface area contributed by atoms with E-state index in [2.05, 4.69) is 0 Å². The van der Waals surface area contributed by atoms with Crippen LogP contribution in [0.5, 0.6) is 0 Å². The lowest BCUT2D eigenvalue weighted by Crippen LogP contribution is -2.03. The van der Waals surface area contributed by atoms with Crippen LogP contribution in [0.1, 0.15) is 22.8 Å². The minimum atomic E-state index is -1.04. The van der Waals surface area contributed by atoms with Crippen LogP contribution >= 0.6 is 0 Å². The van der Waals surface area contributed by atoms with Gasteiger partial charge >= 0.3 is 0 Å². The molecule has 108 valence electrons. The Hall–Kier alpha value is -1.65. The van der Waals surface area contributed by atoms with Crippen molar-refractivity contribution in [1.82, 2.24) is 0 Å². The first kappa shape index (κ1) is 14.3. The number of carbonyl (C=O) groups is 1. The average Bonchev–Trinajstić information content (AvgIpc) is 2.74. The summed E-state index contributed by atoms with van der Waals surface area (Å²) in [6.45, 7) is 1.87. The second-order valence-corrected chi connectivity index (χ2v) is 6.81. The van der Waals surface area contributed by atoms with Crippen molar-refractivity contribution in [1.29, 1.82) is 0 Å². The third kappa shape index (κ3) is 2.49. The number of fused-ring (bicyclic) bond motifs is 1. The van der Waals surface area contributed by atoms with Gasteiger partial charge in [0.2, 0.25) is 0 Å². The molecule has 0 aromatic heterocycles. The minimum Gasteiger partial charge on any atom is -0.612 e. The highest BCUT2D eigenvalue weighted by atomic mass is 32.2. The number of Topliss-reactive ketones (excluding diaryl/α,β-unsaturated/α-hetero) is 1. The number of halogens is 1. The maximum absolute atomic E-state index is 13.8. The van der Waals surface area contributed by atoms with Gasteiger partial charge in [-0.1, -0.05) is 6.92 Å². The molecule has 0 aliphatic heterocycles. The van der Waals surface area contributed by atoms with E-state index in [9.17, 15) is 13.7 Å². The quantitative estimate of drug-likeness (QED) is 0.795. The van der Waals surface area contributed by atoms with Crippen molar-refractivity contribution in [3.05, 3.63) is 53.3 Å². The zero-order chi connectivity index (χ0) is 15.1. The van der Waals surface area contributed by atoms with Crippen molar-refractivity contribution in [2.75, 3.05) is 6.26 Å². The Balaban J connectivity index is 2.11. The van der Waals surface area contributed by atoms with Crippen molar-refractivity contribution >= 4 is 17.0 Å². The molecule has 1 aliphatic rings. The summed E-state index contributed by atoms with van der Waals surface area (Å²) in [5.74, 6) is -0.477. The molecular formula is C17H15FO2S.